The van der Waals surface area contributed by atoms with Gasteiger partial charge in [-0.3, -0.25) is 4.79 Å². The lowest BCUT2D eigenvalue weighted by atomic mass is 9.92. The van der Waals surface area contributed by atoms with Crippen LogP contribution in [0, 0.1) is 6.92 Å². The molecule has 0 bridgehead atoms. The van der Waals surface area contributed by atoms with Gasteiger partial charge in [0.2, 0.25) is 5.92 Å². The predicted molar refractivity (Wildman–Crippen MR) is 97.9 cm³/mol. The molecule has 1 aliphatic heterocycles. The van der Waals surface area contributed by atoms with Crippen LogP contribution in [0.3, 0.4) is 0 Å². The van der Waals surface area contributed by atoms with Crippen LogP contribution in [-0.4, -0.2) is 57.4 Å². The van der Waals surface area contributed by atoms with E-state index in [2.05, 4.69) is 20.4 Å². The molecule has 1 saturated carbocycles. The first-order valence-corrected chi connectivity index (χ1v) is 9.35. The van der Waals surface area contributed by atoms with E-state index in [-0.39, 0.29) is 31.4 Å². The largest absolute Gasteiger partial charge is 0.462 e. The molecule has 2 aliphatic rings. The van der Waals surface area contributed by atoms with Gasteiger partial charge in [0.25, 0.3) is 5.95 Å². The van der Waals surface area contributed by atoms with E-state index >= 15 is 0 Å². The number of halogens is 2. The number of esters is 1. The normalized spacial score (nSPS) is 20.1. The molecule has 4 rings (SSSR count). The van der Waals surface area contributed by atoms with Gasteiger partial charge in [0.1, 0.15) is 24.8 Å². The maximum absolute atomic E-state index is 13.4. The van der Waals surface area contributed by atoms with Gasteiger partial charge < -0.3 is 15.0 Å². The van der Waals surface area contributed by atoms with Crippen molar-refractivity contribution in [2.45, 2.75) is 44.6 Å². The molecule has 1 N–H and O–H groups in total. The Balaban J connectivity index is 1.61. The minimum atomic E-state index is -2.58. The van der Waals surface area contributed by atoms with E-state index in [0.29, 0.717) is 43.6 Å². The first-order chi connectivity index (χ1) is 13.4. The second kappa shape index (κ2) is 7.33. The van der Waals surface area contributed by atoms with Gasteiger partial charge in [-0.15, -0.1) is 0 Å². The summed E-state index contributed by atoms with van der Waals surface area (Å²) in [6, 6.07) is 3.50. The lowest BCUT2D eigenvalue weighted by molar-refractivity contribution is -0.143. The number of rotatable bonds is 4. The van der Waals surface area contributed by atoms with Gasteiger partial charge in [-0.1, -0.05) is 0 Å². The molecule has 2 fully saturated rings. The lowest BCUT2D eigenvalue weighted by Gasteiger charge is -2.30. The molecule has 0 atom stereocenters. The van der Waals surface area contributed by atoms with E-state index in [1.54, 1.807) is 16.9 Å². The van der Waals surface area contributed by atoms with Crippen molar-refractivity contribution in [2.75, 3.05) is 29.9 Å². The minimum Gasteiger partial charge on any atom is -0.462 e. The highest BCUT2D eigenvalue weighted by Gasteiger charge is 2.35. The maximum atomic E-state index is 13.4. The molecule has 1 saturated heterocycles. The number of nitrogens with zero attached hydrogens (tertiary/aromatic N) is 5. The highest BCUT2D eigenvalue weighted by atomic mass is 19.3. The second-order valence-electron chi connectivity index (χ2n) is 7.23. The number of ether oxygens (including phenoxy) is 1. The SMILES string of the molecule is Cc1ccn(-c2nc(NC3CCC(F)(F)CC3)cc(N3CCOC(=O)C3)n2)n1. The van der Waals surface area contributed by atoms with Gasteiger partial charge in [0, 0.05) is 31.1 Å². The van der Waals surface area contributed by atoms with Crippen molar-refractivity contribution >= 4 is 17.6 Å². The Kier molecular flexibility index (Phi) is 4.86. The van der Waals surface area contributed by atoms with Crippen LogP contribution >= 0.6 is 0 Å². The molecule has 8 nitrogen and oxygen atoms in total. The Hall–Kier alpha value is -2.78. The van der Waals surface area contributed by atoms with Crippen molar-refractivity contribution in [2.24, 2.45) is 0 Å². The highest BCUT2D eigenvalue weighted by Crippen LogP contribution is 2.34. The Bertz CT molecular complexity index is 862. The van der Waals surface area contributed by atoms with E-state index in [1.165, 1.54) is 0 Å². The molecule has 1 aliphatic carbocycles. The molecule has 3 heterocycles. The number of anilines is 2. The zero-order valence-electron chi connectivity index (χ0n) is 15.6. The van der Waals surface area contributed by atoms with Crippen LogP contribution in [0.2, 0.25) is 0 Å². The molecule has 10 heteroatoms. The molecule has 0 aromatic carbocycles. The number of nitrogens with one attached hydrogen (secondary N) is 1. The Morgan fingerprint density at radius 1 is 1.29 bits per heavy atom. The molecule has 2 aromatic rings. The van der Waals surface area contributed by atoms with E-state index < -0.39 is 5.92 Å². The number of carbonyl (C=O) groups is 1. The zero-order valence-corrected chi connectivity index (χ0v) is 15.6. The molecule has 0 radical (unpaired) electrons. The average Bonchev–Trinajstić information content (AvgIpc) is 3.10. The number of aromatic nitrogens is 4. The fourth-order valence-electron chi connectivity index (χ4n) is 3.43. The Morgan fingerprint density at radius 3 is 2.75 bits per heavy atom. The number of aryl methyl sites for hydroxylation is 1. The highest BCUT2D eigenvalue weighted by molar-refractivity contribution is 5.76. The van der Waals surface area contributed by atoms with Crippen LogP contribution in [0.4, 0.5) is 20.4 Å². The number of cyclic esters (lactones) is 1. The third-order valence-electron chi connectivity index (χ3n) is 4.97. The standard InChI is InChI=1S/C18H22F2N6O2/c1-12-4-7-26(24-12)17-22-14(21-13-2-5-18(19,20)6-3-13)10-15(23-17)25-8-9-28-16(27)11-25/h4,7,10,13H,2-3,5-6,8-9,11H2,1H3,(H,21,22,23). The number of morpholine rings is 1. The first-order valence-electron chi connectivity index (χ1n) is 9.35. The Labute approximate surface area is 160 Å². The van der Waals surface area contributed by atoms with Crippen LogP contribution in [0.25, 0.3) is 5.95 Å². The summed E-state index contributed by atoms with van der Waals surface area (Å²) in [5.74, 6) is -1.44. The third-order valence-corrected chi connectivity index (χ3v) is 4.97. The zero-order chi connectivity index (χ0) is 19.7. The summed E-state index contributed by atoms with van der Waals surface area (Å²) in [6.45, 7) is 2.78. The van der Waals surface area contributed by atoms with Crippen molar-refractivity contribution in [3.05, 3.63) is 24.0 Å². The molecular formula is C18H22F2N6O2. The van der Waals surface area contributed by atoms with Gasteiger partial charge in [-0.05, 0) is 25.8 Å². The van der Waals surface area contributed by atoms with Crippen molar-refractivity contribution < 1.29 is 18.3 Å². The fourth-order valence-corrected chi connectivity index (χ4v) is 3.43. The van der Waals surface area contributed by atoms with Crippen LogP contribution in [0.1, 0.15) is 31.4 Å². The molecular weight excluding hydrogens is 370 g/mol. The number of hydrogen-bond donors (Lipinski definition) is 1. The van der Waals surface area contributed by atoms with Crippen LogP contribution in [0.5, 0.6) is 0 Å². The van der Waals surface area contributed by atoms with Crippen LogP contribution in [0.15, 0.2) is 18.3 Å². The molecule has 0 amide bonds. The van der Waals surface area contributed by atoms with E-state index in [9.17, 15) is 13.6 Å². The van der Waals surface area contributed by atoms with Crippen LogP contribution < -0.4 is 10.2 Å². The van der Waals surface area contributed by atoms with Gasteiger partial charge in [-0.2, -0.15) is 15.1 Å². The summed E-state index contributed by atoms with van der Waals surface area (Å²) < 4.78 is 33.4. The number of carbonyl (C=O) groups excluding carboxylic acids is 1. The summed E-state index contributed by atoms with van der Waals surface area (Å²) in [5.41, 5.74) is 0.819. The molecule has 2 aromatic heterocycles. The average molecular weight is 392 g/mol. The van der Waals surface area contributed by atoms with E-state index in [1.807, 2.05) is 17.9 Å². The first kappa shape index (κ1) is 18.6. The van der Waals surface area contributed by atoms with Crippen molar-refractivity contribution in [3.63, 3.8) is 0 Å². The van der Waals surface area contributed by atoms with Gasteiger partial charge in [0.15, 0.2) is 0 Å². The van der Waals surface area contributed by atoms with E-state index in [4.69, 9.17) is 4.74 Å². The minimum absolute atomic E-state index is 0.0825. The third kappa shape index (κ3) is 4.20. The van der Waals surface area contributed by atoms with Crippen LogP contribution in [-0.2, 0) is 9.53 Å². The van der Waals surface area contributed by atoms with E-state index in [0.717, 1.165) is 5.69 Å². The van der Waals surface area contributed by atoms with Gasteiger partial charge in [-0.25, -0.2) is 13.5 Å². The fraction of sp³-hybridized carbons (Fsp3) is 0.556. The topological polar surface area (TPSA) is 85.2 Å². The second-order valence-corrected chi connectivity index (χ2v) is 7.23. The summed E-state index contributed by atoms with van der Waals surface area (Å²) in [6.07, 6.45) is 2.23. The summed E-state index contributed by atoms with van der Waals surface area (Å²) in [5, 5.41) is 7.60. The van der Waals surface area contributed by atoms with Crippen molar-refractivity contribution in [1.29, 1.82) is 0 Å². The molecule has 150 valence electrons. The summed E-state index contributed by atoms with van der Waals surface area (Å²) >= 11 is 0. The van der Waals surface area contributed by atoms with Gasteiger partial charge in [0.05, 0.1) is 12.2 Å². The monoisotopic (exact) mass is 392 g/mol. The molecule has 28 heavy (non-hydrogen) atoms. The van der Waals surface area contributed by atoms with Crippen molar-refractivity contribution in [1.82, 2.24) is 19.7 Å². The number of hydrogen-bond acceptors (Lipinski definition) is 7. The quantitative estimate of drug-likeness (QED) is 0.800. The Morgan fingerprint density at radius 2 is 2.07 bits per heavy atom. The maximum Gasteiger partial charge on any atom is 0.325 e. The summed E-state index contributed by atoms with van der Waals surface area (Å²) in [4.78, 5) is 22.5. The van der Waals surface area contributed by atoms with Gasteiger partial charge >= 0.3 is 5.97 Å². The number of alkyl halides is 2. The lowest BCUT2D eigenvalue weighted by Crippen LogP contribution is -2.40. The molecule has 0 spiro atoms. The predicted octanol–water partition coefficient (Wildman–Crippen LogP) is 2.32. The molecule has 0 unspecified atom stereocenters. The summed E-state index contributed by atoms with van der Waals surface area (Å²) in [7, 11) is 0. The van der Waals surface area contributed by atoms with Crippen molar-refractivity contribution in [3.8, 4) is 5.95 Å². The smallest absolute Gasteiger partial charge is 0.325 e.